The molecule has 1 aromatic carbocycles. The molecule has 0 aliphatic carbocycles. The average molecular weight is 707 g/mol. The Labute approximate surface area is 264 Å². The molecule has 0 fully saturated rings. The van der Waals surface area contributed by atoms with Crippen LogP contribution in [-0.4, -0.2) is 25.9 Å². The second kappa shape index (κ2) is 18.5. The van der Waals surface area contributed by atoms with Gasteiger partial charge in [0.1, 0.15) is 6.77 Å². The molecule has 0 heterocycles. The van der Waals surface area contributed by atoms with Gasteiger partial charge in [0, 0.05) is 20.4 Å². The summed E-state index contributed by atoms with van der Waals surface area (Å²) in [5, 5.41) is 0. The molecule has 0 bridgehead atoms. The molecule has 0 aliphatic heterocycles. The van der Waals surface area contributed by atoms with Crippen LogP contribution in [0.25, 0.3) is 0 Å². The molecule has 0 aliphatic rings. The predicted molar refractivity (Wildman–Crippen MR) is 170 cm³/mol. The van der Waals surface area contributed by atoms with Gasteiger partial charge in [-0.15, -0.1) is 12.3 Å². The van der Waals surface area contributed by atoms with E-state index in [0.29, 0.717) is 10.8 Å². The van der Waals surface area contributed by atoms with Crippen LogP contribution in [0.15, 0.2) is 17.0 Å². The van der Waals surface area contributed by atoms with Gasteiger partial charge in [-0.1, -0.05) is 65.5 Å². The van der Waals surface area contributed by atoms with Gasteiger partial charge >= 0.3 is 5.97 Å². The summed E-state index contributed by atoms with van der Waals surface area (Å²) < 4.78 is 36.0. The summed E-state index contributed by atoms with van der Waals surface area (Å²) in [6.07, 6.45) is 0. The zero-order valence-electron chi connectivity index (χ0n) is 27.5. The van der Waals surface area contributed by atoms with Crippen molar-refractivity contribution < 1.29 is 38.4 Å². The van der Waals surface area contributed by atoms with Crippen molar-refractivity contribution >= 4 is 48.0 Å². The van der Waals surface area contributed by atoms with Crippen molar-refractivity contribution in [3.05, 3.63) is 36.2 Å². The Morgan fingerprint density at radius 3 is 1.32 bits per heavy atom. The number of hydrogen-bond donors (Lipinski definition) is 0. The van der Waals surface area contributed by atoms with Crippen LogP contribution in [0.4, 0.5) is 0 Å². The van der Waals surface area contributed by atoms with Crippen molar-refractivity contribution in [2.75, 3.05) is 0 Å². The van der Waals surface area contributed by atoms with E-state index in [1.54, 1.807) is 20.8 Å². The fraction of sp³-hybridized carbons (Fsp3) is 0.724. The molecule has 1 aromatic rings. The molecular weight excluding hydrogens is 649 g/mol. The van der Waals surface area contributed by atoms with Gasteiger partial charge in [0.25, 0.3) is 0 Å². The molecular formula is C29H55ClO4PPdS2-. The van der Waals surface area contributed by atoms with Crippen LogP contribution in [-0.2, 0) is 51.6 Å². The van der Waals surface area contributed by atoms with Gasteiger partial charge in [-0.2, -0.15) is 0 Å². The van der Waals surface area contributed by atoms with E-state index in [1.807, 2.05) is 41.5 Å². The van der Waals surface area contributed by atoms with E-state index in [0.717, 1.165) is 11.1 Å². The maximum atomic E-state index is 13.2. The van der Waals surface area contributed by atoms with Gasteiger partial charge in [-0.3, -0.25) is 4.79 Å². The molecule has 9 heteroatoms. The maximum Gasteiger partial charge on any atom is 0.311 e. The molecule has 0 aromatic heterocycles. The van der Waals surface area contributed by atoms with Crippen LogP contribution in [0.5, 0.6) is 0 Å². The van der Waals surface area contributed by atoms with Crippen LogP contribution in [0.3, 0.4) is 0 Å². The van der Waals surface area contributed by atoms with Crippen molar-refractivity contribution in [1.82, 2.24) is 0 Å². The van der Waals surface area contributed by atoms with Crippen molar-refractivity contribution in [3.63, 3.8) is 0 Å². The summed E-state index contributed by atoms with van der Waals surface area (Å²) in [6, 6.07) is 4.19. The molecule has 0 atom stereocenters. The third-order valence-corrected chi connectivity index (χ3v) is 7.79. The summed E-state index contributed by atoms with van der Waals surface area (Å²) in [4.78, 5) is 11.8. The minimum Gasteiger partial charge on any atom is -0.460 e. The van der Waals surface area contributed by atoms with Crippen molar-refractivity contribution in [2.45, 2.75) is 137 Å². The number of hydrogen-bond acceptors (Lipinski definition) is 5. The summed E-state index contributed by atoms with van der Waals surface area (Å²) >= 11 is 7.78. The third kappa shape index (κ3) is 15.2. The SMILES string of the molecule is CC(C)(C)OC(=O)C(C)(C)C.CC(C)c1cc(C(C)C)c(S(=O)(=O)C(C)(C)C)c(C(C)C)c1.P=S.[3H]Cl.[CH3-].[Pd]. The molecule has 38 heavy (non-hydrogen) atoms. The number of carbonyl (C=O) groups excluding carboxylic acids is 1. The van der Waals surface area contributed by atoms with Crippen LogP contribution < -0.4 is 0 Å². The molecule has 0 unspecified atom stereocenters. The van der Waals surface area contributed by atoms with Gasteiger partial charge in [0.15, 0.2) is 9.84 Å². The van der Waals surface area contributed by atoms with Gasteiger partial charge < -0.3 is 12.2 Å². The largest absolute Gasteiger partial charge is 0.460 e. The second-order valence-electron chi connectivity index (χ2n) is 12.9. The Balaban J connectivity index is -0.000000193. The first-order valence-corrected chi connectivity index (χ1v) is 15.4. The number of sulfone groups is 1. The second-order valence-corrected chi connectivity index (χ2v) is 15.5. The smallest absolute Gasteiger partial charge is 0.311 e. The molecule has 4 nitrogen and oxygen atoms in total. The van der Waals surface area contributed by atoms with E-state index in [1.165, 1.54) is 5.56 Å². The average Bonchev–Trinajstić information content (AvgIpc) is 2.73. The maximum absolute atomic E-state index is 13.2. The number of rotatable bonds is 4. The summed E-state index contributed by atoms with van der Waals surface area (Å²) in [5.74, 6) is 0.609. The number of benzene rings is 1. The van der Waals surface area contributed by atoms with Gasteiger partial charge in [0.05, 0.1) is 15.1 Å². The molecule has 0 radical (unpaired) electrons. The molecule has 0 saturated heterocycles. The topological polar surface area (TPSA) is 60.4 Å². The normalized spacial score (nSPS) is 11.8. The van der Waals surface area contributed by atoms with Gasteiger partial charge in [-0.25, -0.2) is 8.42 Å². The van der Waals surface area contributed by atoms with Crippen molar-refractivity contribution in [3.8, 4) is 0 Å². The van der Waals surface area contributed by atoms with Crippen LogP contribution in [0.1, 0.15) is 138 Å². The molecule has 0 amide bonds. The molecule has 230 valence electrons. The Morgan fingerprint density at radius 1 is 0.842 bits per heavy atom. The summed E-state index contributed by atoms with van der Waals surface area (Å²) in [5.41, 5.74) is 2.38. The van der Waals surface area contributed by atoms with Crippen LogP contribution in [0.2, 0.25) is 0 Å². The Hall–Kier alpha value is 0.112. The van der Waals surface area contributed by atoms with E-state index >= 15 is 0 Å². The zero-order valence-corrected chi connectivity index (χ0v) is 31.5. The first-order chi connectivity index (χ1) is 16.4. The Morgan fingerprint density at radius 2 is 1.16 bits per heavy atom. The van der Waals surface area contributed by atoms with E-state index in [9.17, 15) is 13.2 Å². The van der Waals surface area contributed by atoms with E-state index in [2.05, 4.69) is 85.8 Å². The predicted octanol–water partition coefficient (Wildman–Crippen LogP) is 9.46. The minimum absolute atomic E-state index is 0. The van der Waals surface area contributed by atoms with Crippen LogP contribution in [0, 0.1) is 12.8 Å². The molecule has 0 spiro atoms. The van der Waals surface area contributed by atoms with Crippen molar-refractivity contribution in [1.29, 1.82) is 1.17 Å². The molecule has 1 rings (SSSR count). The minimum atomic E-state index is -3.37. The van der Waals surface area contributed by atoms with Crippen LogP contribution >= 0.6 is 20.3 Å². The first-order valence-electron chi connectivity index (χ1n) is 12.7. The molecule has 0 saturated carbocycles. The Kier molecular flexibility index (Phi) is 22.0. The third-order valence-electron chi connectivity index (χ3n) is 5.17. The monoisotopic (exact) mass is 705 g/mol. The van der Waals surface area contributed by atoms with Crippen molar-refractivity contribution in [2.24, 2.45) is 5.41 Å². The Bertz CT molecular complexity index is 919. The first kappa shape index (κ1) is 45.1. The molecule has 0 N–H and O–H groups in total. The fourth-order valence-electron chi connectivity index (χ4n) is 2.94. The zero-order chi connectivity index (χ0) is 30.7. The standard InChI is InChI=1S/C19H32O2S.C9H18O2.CH3.ClH.HPS.Pd/c1-12(2)15-10-16(13(3)4)18(17(11-15)14(5)6)22(20,21)19(7,8)9;1-8(2,3)7(10)11-9(4,5)6;;;1-2;/h10-14H,1-9H3;1-6H3;1H3;1H;1H;/q;;-1;;;/i/hT. The quantitative estimate of drug-likeness (QED) is 0.135. The number of halogens is 1. The van der Waals surface area contributed by atoms with E-state index in [-0.39, 0.29) is 51.3 Å². The van der Waals surface area contributed by atoms with E-state index in [4.69, 9.17) is 5.91 Å². The fourth-order valence-corrected chi connectivity index (χ4v) is 4.76. The number of ether oxygens (including phenoxy) is 1. The summed E-state index contributed by atoms with van der Waals surface area (Å²) in [7, 11) is -0.815. The van der Waals surface area contributed by atoms with Gasteiger partial charge in [-0.05, 0) is 105 Å². The van der Waals surface area contributed by atoms with E-state index < -0.39 is 20.0 Å². The number of carbonyl (C=O) groups is 1. The summed E-state index contributed by atoms with van der Waals surface area (Å²) in [6.45, 7) is 29.1. The number of esters is 1. The van der Waals surface area contributed by atoms with Gasteiger partial charge in [0.2, 0.25) is 0 Å².